The van der Waals surface area contributed by atoms with Gasteiger partial charge < -0.3 is 20.5 Å². The molecule has 0 amide bonds. The van der Waals surface area contributed by atoms with Crippen molar-refractivity contribution in [3.8, 4) is 0 Å². The van der Waals surface area contributed by atoms with E-state index in [-0.39, 0.29) is 0 Å². The molecule has 0 aliphatic heterocycles. The molecule has 3 N–H and O–H groups in total. The van der Waals surface area contributed by atoms with E-state index in [0.29, 0.717) is 26.4 Å². The maximum absolute atomic E-state index is 6.05. The van der Waals surface area contributed by atoms with Gasteiger partial charge in [0.2, 0.25) is 0 Å². The van der Waals surface area contributed by atoms with Gasteiger partial charge in [-0.1, -0.05) is 13.3 Å². The van der Waals surface area contributed by atoms with Crippen LogP contribution in [0, 0.1) is 0 Å². The molecule has 0 fully saturated rings. The van der Waals surface area contributed by atoms with Crippen molar-refractivity contribution in [1.29, 1.82) is 0 Å². The van der Waals surface area contributed by atoms with Gasteiger partial charge in [0.1, 0.15) is 5.82 Å². The standard InChI is InChI=1S/C12H24N4O2/c1-4-5-10-11(13)12(16(2)15-10)14-6-7-18-9-8-17-3/h14H,4-9,13H2,1-3H3. The maximum atomic E-state index is 6.05. The first-order valence-electron chi connectivity index (χ1n) is 6.32. The van der Waals surface area contributed by atoms with Crippen LogP contribution in [0.5, 0.6) is 0 Å². The summed E-state index contributed by atoms with van der Waals surface area (Å²) in [5.74, 6) is 0.869. The lowest BCUT2D eigenvalue weighted by Crippen LogP contribution is -2.14. The number of nitrogens with two attached hydrogens (primary N) is 1. The lowest BCUT2D eigenvalue weighted by atomic mass is 10.2. The molecule has 1 aromatic rings. The molecular formula is C12H24N4O2. The van der Waals surface area contributed by atoms with E-state index in [2.05, 4.69) is 17.3 Å². The molecule has 6 nitrogen and oxygen atoms in total. The average molecular weight is 256 g/mol. The monoisotopic (exact) mass is 256 g/mol. The largest absolute Gasteiger partial charge is 0.394 e. The third-order valence-electron chi connectivity index (χ3n) is 2.62. The molecule has 0 aliphatic rings. The summed E-state index contributed by atoms with van der Waals surface area (Å²) in [5.41, 5.74) is 7.75. The van der Waals surface area contributed by atoms with Gasteiger partial charge in [0.05, 0.1) is 31.2 Å². The second kappa shape index (κ2) is 7.94. The molecule has 1 rings (SSSR count). The smallest absolute Gasteiger partial charge is 0.147 e. The van der Waals surface area contributed by atoms with Gasteiger partial charge in [-0.05, 0) is 6.42 Å². The zero-order valence-electron chi connectivity index (χ0n) is 11.5. The molecule has 0 unspecified atom stereocenters. The first-order valence-corrected chi connectivity index (χ1v) is 6.32. The number of nitrogens with one attached hydrogen (secondary N) is 1. The Morgan fingerprint density at radius 3 is 2.78 bits per heavy atom. The van der Waals surface area contributed by atoms with Crippen LogP contribution in [-0.4, -0.2) is 43.3 Å². The maximum Gasteiger partial charge on any atom is 0.147 e. The van der Waals surface area contributed by atoms with Crippen molar-refractivity contribution in [3.63, 3.8) is 0 Å². The molecule has 0 spiro atoms. The Balaban J connectivity index is 2.37. The highest BCUT2D eigenvalue weighted by Gasteiger charge is 2.11. The van der Waals surface area contributed by atoms with Crippen LogP contribution in [0.3, 0.4) is 0 Å². The lowest BCUT2D eigenvalue weighted by molar-refractivity contribution is 0.0759. The first-order chi connectivity index (χ1) is 8.70. The fourth-order valence-electron chi connectivity index (χ4n) is 1.71. The normalized spacial score (nSPS) is 10.8. The molecule has 6 heteroatoms. The predicted octanol–water partition coefficient (Wildman–Crippen LogP) is 1.03. The number of aryl methyl sites for hydroxylation is 2. The quantitative estimate of drug-likeness (QED) is 0.645. The van der Waals surface area contributed by atoms with Crippen molar-refractivity contribution in [1.82, 2.24) is 9.78 Å². The summed E-state index contributed by atoms with van der Waals surface area (Å²) in [6, 6.07) is 0. The van der Waals surface area contributed by atoms with Gasteiger partial charge in [0.15, 0.2) is 0 Å². The van der Waals surface area contributed by atoms with E-state index in [1.165, 1.54) is 0 Å². The van der Waals surface area contributed by atoms with E-state index in [9.17, 15) is 0 Å². The molecule has 0 saturated heterocycles. The van der Waals surface area contributed by atoms with E-state index in [1.54, 1.807) is 11.8 Å². The second-order valence-electron chi connectivity index (χ2n) is 4.11. The average Bonchev–Trinajstić information content (AvgIpc) is 2.61. The SMILES string of the molecule is CCCc1nn(C)c(NCCOCCOC)c1N. The fourth-order valence-corrected chi connectivity index (χ4v) is 1.71. The molecule has 1 aromatic heterocycles. The Morgan fingerprint density at radius 1 is 1.33 bits per heavy atom. The number of nitrogen functional groups attached to an aromatic ring is 1. The van der Waals surface area contributed by atoms with Crippen LogP contribution < -0.4 is 11.1 Å². The van der Waals surface area contributed by atoms with Gasteiger partial charge in [-0.3, -0.25) is 4.68 Å². The van der Waals surface area contributed by atoms with Crippen molar-refractivity contribution in [2.75, 3.05) is 44.5 Å². The number of anilines is 2. The summed E-state index contributed by atoms with van der Waals surface area (Å²) in [6.07, 6.45) is 1.95. The Labute approximate surface area is 108 Å². The summed E-state index contributed by atoms with van der Waals surface area (Å²) in [5, 5.41) is 7.64. The number of methoxy groups -OCH3 is 1. The highest BCUT2D eigenvalue weighted by atomic mass is 16.5. The molecule has 0 saturated carbocycles. The van der Waals surface area contributed by atoms with Crippen molar-refractivity contribution in [2.45, 2.75) is 19.8 Å². The number of ether oxygens (including phenoxy) is 2. The van der Waals surface area contributed by atoms with Crippen molar-refractivity contribution < 1.29 is 9.47 Å². The number of hydrogen-bond acceptors (Lipinski definition) is 5. The molecule has 0 atom stereocenters. The zero-order chi connectivity index (χ0) is 13.4. The Bertz CT molecular complexity index is 352. The van der Waals surface area contributed by atoms with E-state index in [4.69, 9.17) is 15.2 Å². The number of nitrogens with zero attached hydrogens (tertiary/aromatic N) is 2. The highest BCUT2D eigenvalue weighted by Crippen LogP contribution is 2.22. The number of rotatable bonds is 9. The summed E-state index contributed by atoms with van der Waals surface area (Å²) in [7, 11) is 3.55. The molecule has 0 bridgehead atoms. The Hall–Kier alpha value is -1.27. The third-order valence-corrected chi connectivity index (χ3v) is 2.62. The van der Waals surface area contributed by atoms with Gasteiger partial charge in [0, 0.05) is 20.7 Å². The van der Waals surface area contributed by atoms with E-state index < -0.39 is 0 Å². The summed E-state index contributed by atoms with van der Waals surface area (Å²) >= 11 is 0. The van der Waals surface area contributed by atoms with Crippen LogP contribution in [-0.2, 0) is 22.9 Å². The van der Waals surface area contributed by atoms with Gasteiger partial charge in [-0.2, -0.15) is 5.10 Å². The Kier molecular flexibility index (Phi) is 6.53. The molecule has 104 valence electrons. The van der Waals surface area contributed by atoms with Crippen LogP contribution in [0.1, 0.15) is 19.0 Å². The lowest BCUT2D eigenvalue weighted by Gasteiger charge is -2.08. The molecular weight excluding hydrogens is 232 g/mol. The van der Waals surface area contributed by atoms with Crippen molar-refractivity contribution in [3.05, 3.63) is 5.69 Å². The van der Waals surface area contributed by atoms with Gasteiger partial charge >= 0.3 is 0 Å². The van der Waals surface area contributed by atoms with Crippen molar-refractivity contribution in [2.24, 2.45) is 7.05 Å². The number of hydrogen-bond donors (Lipinski definition) is 2. The first kappa shape index (κ1) is 14.8. The molecule has 0 aliphatic carbocycles. The van der Waals surface area contributed by atoms with Gasteiger partial charge in [-0.15, -0.1) is 0 Å². The Morgan fingerprint density at radius 2 is 2.11 bits per heavy atom. The van der Waals surface area contributed by atoms with Crippen LogP contribution in [0.4, 0.5) is 11.5 Å². The fraction of sp³-hybridized carbons (Fsp3) is 0.750. The van der Waals surface area contributed by atoms with E-state index in [0.717, 1.165) is 30.0 Å². The molecule has 0 radical (unpaired) electrons. The van der Waals surface area contributed by atoms with E-state index in [1.807, 2.05) is 7.05 Å². The second-order valence-corrected chi connectivity index (χ2v) is 4.11. The van der Waals surface area contributed by atoms with Crippen LogP contribution in [0.25, 0.3) is 0 Å². The topological polar surface area (TPSA) is 74.3 Å². The van der Waals surface area contributed by atoms with Gasteiger partial charge in [0.25, 0.3) is 0 Å². The van der Waals surface area contributed by atoms with Gasteiger partial charge in [-0.25, -0.2) is 0 Å². The molecule has 1 heterocycles. The number of aromatic nitrogens is 2. The molecule has 18 heavy (non-hydrogen) atoms. The van der Waals surface area contributed by atoms with Crippen LogP contribution in [0.2, 0.25) is 0 Å². The predicted molar refractivity (Wildman–Crippen MR) is 72.8 cm³/mol. The molecule has 0 aromatic carbocycles. The highest BCUT2D eigenvalue weighted by molar-refractivity contribution is 5.64. The minimum absolute atomic E-state index is 0.611. The van der Waals surface area contributed by atoms with Crippen LogP contribution in [0.15, 0.2) is 0 Å². The minimum atomic E-state index is 0.611. The summed E-state index contributed by atoms with van der Waals surface area (Å²) < 4.78 is 12.1. The zero-order valence-corrected chi connectivity index (χ0v) is 11.5. The summed E-state index contributed by atoms with van der Waals surface area (Å²) in [6.45, 7) is 4.68. The minimum Gasteiger partial charge on any atom is -0.394 e. The van der Waals surface area contributed by atoms with E-state index >= 15 is 0 Å². The summed E-state index contributed by atoms with van der Waals surface area (Å²) in [4.78, 5) is 0. The van der Waals surface area contributed by atoms with Crippen LogP contribution >= 0.6 is 0 Å². The van der Waals surface area contributed by atoms with Crippen molar-refractivity contribution >= 4 is 11.5 Å². The third kappa shape index (κ3) is 4.19.